The molecule has 0 heterocycles. The Hall–Kier alpha value is -1.85. The maximum Gasteiger partial charge on any atom is 0.213 e. The lowest BCUT2D eigenvalue weighted by atomic mass is 10.1. The van der Waals surface area contributed by atoms with Crippen molar-refractivity contribution in [3.05, 3.63) is 54.6 Å². The van der Waals surface area contributed by atoms with Gasteiger partial charge in [0.05, 0.1) is 5.25 Å². The third-order valence-electron chi connectivity index (χ3n) is 4.10. The van der Waals surface area contributed by atoms with Crippen LogP contribution in [0.15, 0.2) is 54.6 Å². The first-order chi connectivity index (χ1) is 12.0. The monoisotopic (exact) mass is 360 g/mol. The van der Waals surface area contributed by atoms with Crippen LogP contribution in [0, 0.1) is 0 Å². The molecule has 4 nitrogen and oxygen atoms in total. The molecule has 0 radical (unpaired) electrons. The van der Waals surface area contributed by atoms with Gasteiger partial charge in [-0.2, -0.15) is 0 Å². The zero-order chi connectivity index (χ0) is 18.1. The Labute approximate surface area is 151 Å². The zero-order valence-electron chi connectivity index (χ0n) is 15.0. The Balaban J connectivity index is 1.64. The van der Waals surface area contributed by atoms with E-state index in [1.54, 1.807) is 13.8 Å². The number of rotatable bonds is 10. The van der Waals surface area contributed by atoms with E-state index < -0.39 is 10.0 Å². The van der Waals surface area contributed by atoms with Crippen LogP contribution in [0.4, 0.5) is 5.69 Å². The van der Waals surface area contributed by atoms with Gasteiger partial charge in [0.1, 0.15) is 0 Å². The number of benzene rings is 2. The Morgan fingerprint density at radius 1 is 0.800 bits per heavy atom. The van der Waals surface area contributed by atoms with Crippen molar-refractivity contribution in [1.82, 2.24) is 4.72 Å². The summed E-state index contributed by atoms with van der Waals surface area (Å²) in [5, 5.41) is 3.04. The molecule has 25 heavy (non-hydrogen) atoms. The summed E-state index contributed by atoms with van der Waals surface area (Å²) in [4.78, 5) is 0. The van der Waals surface area contributed by atoms with Crippen LogP contribution in [-0.2, 0) is 10.0 Å². The van der Waals surface area contributed by atoms with E-state index in [2.05, 4.69) is 46.4 Å². The fourth-order valence-electron chi connectivity index (χ4n) is 2.45. The van der Waals surface area contributed by atoms with E-state index in [9.17, 15) is 8.42 Å². The van der Waals surface area contributed by atoms with E-state index in [0.29, 0.717) is 6.54 Å². The minimum atomic E-state index is -3.13. The van der Waals surface area contributed by atoms with Gasteiger partial charge in [0.2, 0.25) is 10.0 Å². The topological polar surface area (TPSA) is 58.2 Å². The summed E-state index contributed by atoms with van der Waals surface area (Å²) in [6, 6.07) is 18.8. The Bertz CT molecular complexity index is 726. The van der Waals surface area contributed by atoms with Crippen molar-refractivity contribution in [2.75, 3.05) is 18.4 Å². The van der Waals surface area contributed by atoms with Crippen LogP contribution in [0.25, 0.3) is 11.1 Å². The van der Waals surface area contributed by atoms with Gasteiger partial charge in [-0.25, -0.2) is 13.1 Å². The van der Waals surface area contributed by atoms with Crippen molar-refractivity contribution in [2.24, 2.45) is 0 Å². The van der Waals surface area contributed by atoms with E-state index >= 15 is 0 Å². The van der Waals surface area contributed by atoms with Gasteiger partial charge in [-0.05, 0) is 49.9 Å². The van der Waals surface area contributed by atoms with E-state index in [0.717, 1.165) is 31.5 Å². The molecule has 0 amide bonds. The van der Waals surface area contributed by atoms with Crippen LogP contribution in [0.3, 0.4) is 0 Å². The highest BCUT2D eigenvalue weighted by Gasteiger charge is 2.13. The van der Waals surface area contributed by atoms with Crippen molar-refractivity contribution < 1.29 is 8.42 Å². The maximum atomic E-state index is 11.6. The summed E-state index contributed by atoms with van der Waals surface area (Å²) in [5.41, 5.74) is 3.54. The molecule has 0 saturated heterocycles. The third kappa shape index (κ3) is 6.52. The summed E-state index contributed by atoms with van der Waals surface area (Å²) in [6.07, 6.45) is 2.88. The van der Waals surface area contributed by atoms with Gasteiger partial charge in [0.25, 0.3) is 0 Å². The molecule has 0 aliphatic heterocycles. The van der Waals surface area contributed by atoms with Gasteiger partial charge >= 0.3 is 0 Å². The molecule has 2 aromatic rings. The summed E-state index contributed by atoms with van der Waals surface area (Å²) in [5.74, 6) is 0. The first-order valence-corrected chi connectivity index (χ1v) is 10.4. The zero-order valence-corrected chi connectivity index (χ0v) is 15.9. The molecular weight excluding hydrogens is 332 g/mol. The molecule has 5 heteroatoms. The highest BCUT2D eigenvalue weighted by atomic mass is 32.2. The number of hydrogen-bond acceptors (Lipinski definition) is 3. The minimum Gasteiger partial charge on any atom is -0.385 e. The molecule has 0 bridgehead atoms. The van der Waals surface area contributed by atoms with Gasteiger partial charge in [-0.1, -0.05) is 48.9 Å². The Kier molecular flexibility index (Phi) is 7.47. The van der Waals surface area contributed by atoms with Crippen molar-refractivity contribution in [3.63, 3.8) is 0 Å². The van der Waals surface area contributed by atoms with Crippen LogP contribution in [0.2, 0.25) is 0 Å². The van der Waals surface area contributed by atoms with E-state index in [4.69, 9.17) is 0 Å². The third-order valence-corrected chi connectivity index (χ3v) is 5.95. The lowest BCUT2D eigenvalue weighted by molar-refractivity contribution is 0.566. The van der Waals surface area contributed by atoms with Crippen molar-refractivity contribution in [1.29, 1.82) is 0 Å². The SMILES string of the molecule is CC(C)S(=O)(=O)NCCCCCNc1ccc(-c2ccccc2)cc1. The number of hydrogen-bond donors (Lipinski definition) is 2. The lowest BCUT2D eigenvalue weighted by Gasteiger charge is -2.10. The van der Waals surface area contributed by atoms with Gasteiger partial charge in [0.15, 0.2) is 0 Å². The number of nitrogens with one attached hydrogen (secondary N) is 2. The second kappa shape index (κ2) is 9.59. The average Bonchev–Trinajstić information content (AvgIpc) is 2.62. The van der Waals surface area contributed by atoms with Crippen LogP contribution in [0.5, 0.6) is 0 Å². The van der Waals surface area contributed by atoms with E-state index in [-0.39, 0.29) is 5.25 Å². The number of sulfonamides is 1. The summed E-state index contributed by atoms with van der Waals surface area (Å²) >= 11 is 0. The van der Waals surface area contributed by atoms with Crippen LogP contribution in [0.1, 0.15) is 33.1 Å². The number of anilines is 1. The highest BCUT2D eigenvalue weighted by Crippen LogP contribution is 2.20. The molecule has 0 aliphatic rings. The van der Waals surface area contributed by atoms with Crippen LogP contribution >= 0.6 is 0 Å². The maximum absolute atomic E-state index is 11.6. The first-order valence-electron chi connectivity index (χ1n) is 8.87. The van der Waals surface area contributed by atoms with Crippen LogP contribution < -0.4 is 10.0 Å². The second-order valence-corrected chi connectivity index (χ2v) is 8.74. The van der Waals surface area contributed by atoms with Crippen molar-refractivity contribution in [2.45, 2.75) is 38.4 Å². The van der Waals surface area contributed by atoms with Crippen molar-refractivity contribution in [3.8, 4) is 11.1 Å². The van der Waals surface area contributed by atoms with E-state index in [1.807, 2.05) is 18.2 Å². The summed E-state index contributed by atoms with van der Waals surface area (Å²) in [6.45, 7) is 4.79. The lowest BCUT2D eigenvalue weighted by Crippen LogP contribution is -2.31. The quantitative estimate of drug-likeness (QED) is 0.622. The molecule has 2 rings (SSSR count). The van der Waals surface area contributed by atoms with Gasteiger partial charge in [0, 0.05) is 18.8 Å². The molecule has 2 aromatic carbocycles. The number of unbranched alkanes of at least 4 members (excludes halogenated alkanes) is 2. The molecule has 0 aromatic heterocycles. The predicted molar refractivity (Wildman–Crippen MR) is 106 cm³/mol. The van der Waals surface area contributed by atoms with Gasteiger partial charge in [-0.3, -0.25) is 0 Å². The Morgan fingerprint density at radius 2 is 1.40 bits per heavy atom. The standard InChI is InChI=1S/C20H28N2O2S/c1-17(2)25(23,24)22-16-8-4-7-15-21-20-13-11-19(12-14-20)18-9-5-3-6-10-18/h3,5-6,9-14,17,21-22H,4,7-8,15-16H2,1-2H3. The molecule has 0 unspecified atom stereocenters. The largest absolute Gasteiger partial charge is 0.385 e. The first kappa shape index (κ1) is 19.5. The smallest absolute Gasteiger partial charge is 0.213 e. The molecule has 0 fully saturated rings. The highest BCUT2D eigenvalue weighted by molar-refractivity contribution is 7.90. The summed E-state index contributed by atoms with van der Waals surface area (Å²) < 4.78 is 25.9. The fourth-order valence-corrected chi connectivity index (χ4v) is 3.21. The van der Waals surface area contributed by atoms with Crippen LogP contribution in [-0.4, -0.2) is 26.8 Å². The molecule has 136 valence electrons. The normalized spacial score (nSPS) is 11.6. The molecule has 0 spiro atoms. The molecule has 0 atom stereocenters. The Morgan fingerprint density at radius 3 is 2.04 bits per heavy atom. The fraction of sp³-hybridized carbons (Fsp3) is 0.400. The molecule has 2 N–H and O–H groups in total. The van der Waals surface area contributed by atoms with Gasteiger partial charge in [-0.15, -0.1) is 0 Å². The average molecular weight is 361 g/mol. The predicted octanol–water partition coefficient (Wildman–Crippen LogP) is 4.26. The summed E-state index contributed by atoms with van der Waals surface area (Å²) in [7, 11) is -3.13. The molecule has 0 saturated carbocycles. The second-order valence-electron chi connectivity index (χ2n) is 6.42. The molecular formula is C20H28N2O2S. The molecule has 0 aliphatic carbocycles. The van der Waals surface area contributed by atoms with E-state index in [1.165, 1.54) is 11.1 Å². The minimum absolute atomic E-state index is 0.368. The van der Waals surface area contributed by atoms with Gasteiger partial charge < -0.3 is 5.32 Å². The van der Waals surface area contributed by atoms with Crippen molar-refractivity contribution >= 4 is 15.7 Å².